The lowest BCUT2D eigenvalue weighted by Crippen LogP contribution is -2.25. The average molecular weight is 246 g/mol. The lowest BCUT2D eigenvalue weighted by atomic mass is 10.4. The molecule has 0 amide bonds. The predicted molar refractivity (Wildman–Crippen MR) is 61.1 cm³/mol. The van der Waals surface area contributed by atoms with Gasteiger partial charge in [0.05, 0.1) is 51.8 Å². The fraction of sp³-hybridized carbons (Fsp3) is 1.00. The number of epoxide rings is 2. The van der Waals surface area contributed by atoms with Crippen LogP contribution < -0.4 is 0 Å². The smallest absolute Gasteiger partial charge is 0.104 e. The van der Waals surface area contributed by atoms with Gasteiger partial charge in [-0.2, -0.15) is 0 Å². The Bertz CT molecular complexity index is 215. The van der Waals surface area contributed by atoms with Gasteiger partial charge in [-0.25, -0.2) is 0 Å². The highest BCUT2D eigenvalue weighted by molar-refractivity contribution is 4.69. The lowest BCUT2D eigenvalue weighted by molar-refractivity contribution is -0.0600. The molecule has 17 heavy (non-hydrogen) atoms. The third-order valence-electron chi connectivity index (χ3n) is 2.64. The van der Waals surface area contributed by atoms with E-state index in [1.807, 2.05) is 13.8 Å². The van der Waals surface area contributed by atoms with E-state index in [1.54, 1.807) is 0 Å². The van der Waals surface area contributed by atoms with Gasteiger partial charge in [-0.05, 0) is 13.8 Å². The van der Waals surface area contributed by atoms with Gasteiger partial charge < -0.3 is 23.7 Å². The number of ether oxygens (including phenoxy) is 5. The summed E-state index contributed by atoms with van der Waals surface area (Å²) in [5.41, 5.74) is 0. The van der Waals surface area contributed by atoms with Crippen LogP contribution in [0.3, 0.4) is 0 Å². The van der Waals surface area contributed by atoms with E-state index >= 15 is 0 Å². The van der Waals surface area contributed by atoms with Gasteiger partial charge in [-0.15, -0.1) is 0 Å². The van der Waals surface area contributed by atoms with Crippen LogP contribution in [0.15, 0.2) is 0 Å². The summed E-state index contributed by atoms with van der Waals surface area (Å²) in [7, 11) is 0. The second kappa shape index (κ2) is 6.66. The third kappa shape index (κ3) is 6.33. The van der Waals surface area contributed by atoms with Gasteiger partial charge in [0.2, 0.25) is 0 Å². The highest BCUT2D eigenvalue weighted by Crippen LogP contribution is 2.11. The van der Waals surface area contributed by atoms with Crippen LogP contribution in [-0.2, 0) is 23.7 Å². The molecule has 0 radical (unpaired) electrons. The minimum atomic E-state index is 0.0944. The topological polar surface area (TPSA) is 52.8 Å². The number of rotatable bonds is 10. The summed E-state index contributed by atoms with van der Waals surface area (Å²) in [6.07, 6.45) is 0.838. The molecular weight excluding hydrogens is 224 g/mol. The standard InChI is InChI=1S/C12H22O5/c1-9(3-13-5-11-7-16-11)14-4-10(2)15-6-12-8-17-12/h9-12H,3-8H2,1-2H3. The van der Waals surface area contributed by atoms with E-state index in [2.05, 4.69) is 0 Å². The molecule has 5 nitrogen and oxygen atoms in total. The highest BCUT2D eigenvalue weighted by Gasteiger charge is 2.24. The predicted octanol–water partition coefficient (Wildman–Crippen LogP) is 0.611. The molecule has 2 rings (SSSR count). The largest absolute Gasteiger partial charge is 0.376 e. The summed E-state index contributed by atoms with van der Waals surface area (Å²) in [4.78, 5) is 0. The molecule has 4 atom stereocenters. The zero-order chi connectivity index (χ0) is 12.1. The van der Waals surface area contributed by atoms with E-state index < -0.39 is 0 Å². The normalized spacial score (nSPS) is 30.0. The van der Waals surface area contributed by atoms with E-state index in [0.717, 1.165) is 13.2 Å². The van der Waals surface area contributed by atoms with Crippen LogP contribution in [0.25, 0.3) is 0 Å². The molecule has 0 aliphatic carbocycles. The summed E-state index contributed by atoms with van der Waals surface area (Å²) >= 11 is 0. The minimum absolute atomic E-state index is 0.0944. The van der Waals surface area contributed by atoms with Crippen molar-refractivity contribution < 1.29 is 23.7 Å². The molecule has 2 fully saturated rings. The Morgan fingerprint density at radius 1 is 0.941 bits per heavy atom. The summed E-state index contributed by atoms with van der Waals surface area (Å²) in [6, 6.07) is 0. The second-order valence-electron chi connectivity index (χ2n) is 4.74. The molecule has 0 aromatic carbocycles. The van der Waals surface area contributed by atoms with Gasteiger partial charge in [-0.3, -0.25) is 0 Å². The molecule has 0 saturated carbocycles. The van der Waals surface area contributed by atoms with Gasteiger partial charge in [0, 0.05) is 0 Å². The van der Waals surface area contributed by atoms with Crippen molar-refractivity contribution in [3.05, 3.63) is 0 Å². The monoisotopic (exact) mass is 246 g/mol. The zero-order valence-corrected chi connectivity index (χ0v) is 10.6. The maximum absolute atomic E-state index is 5.63. The summed E-state index contributed by atoms with van der Waals surface area (Å²) in [5.74, 6) is 0. The van der Waals surface area contributed by atoms with Crippen LogP contribution in [0.2, 0.25) is 0 Å². The molecule has 2 aliphatic heterocycles. The molecule has 4 unspecified atom stereocenters. The number of hydrogen-bond donors (Lipinski definition) is 0. The van der Waals surface area contributed by atoms with Crippen LogP contribution in [0.5, 0.6) is 0 Å². The Balaban J connectivity index is 1.41. The molecule has 2 heterocycles. The van der Waals surface area contributed by atoms with Crippen LogP contribution in [-0.4, -0.2) is 64.1 Å². The van der Waals surface area contributed by atoms with Crippen LogP contribution in [0.4, 0.5) is 0 Å². The Labute approximate surface area is 102 Å². The van der Waals surface area contributed by atoms with Gasteiger partial charge in [-0.1, -0.05) is 0 Å². The van der Waals surface area contributed by atoms with Gasteiger partial charge in [0.1, 0.15) is 12.2 Å². The molecule has 0 bridgehead atoms. The average Bonchev–Trinajstić information content (AvgIpc) is 3.15. The van der Waals surface area contributed by atoms with Crippen molar-refractivity contribution in [1.82, 2.24) is 0 Å². The minimum Gasteiger partial charge on any atom is -0.376 e. The van der Waals surface area contributed by atoms with E-state index in [9.17, 15) is 0 Å². The maximum Gasteiger partial charge on any atom is 0.104 e. The second-order valence-corrected chi connectivity index (χ2v) is 4.74. The van der Waals surface area contributed by atoms with Gasteiger partial charge >= 0.3 is 0 Å². The molecule has 100 valence electrons. The quantitative estimate of drug-likeness (QED) is 0.529. The van der Waals surface area contributed by atoms with Crippen LogP contribution in [0, 0.1) is 0 Å². The van der Waals surface area contributed by atoms with Crippen molar-refractivity contribution >= 4 is 0 Å². The van der Waals surface area contributed by atoms with Crippen molar-refractivity contribution in [3.8, 4) is 0 Å². The first-order valence-corrected chi connectivity index (χ1v) is 6.28. The van der Waals surface area contributed by atoms with Crippen molar-refractivity contribution in [2.24, 2.45) is 0 Å². The Hall–Kier alpha value is -0.200. The molecule has 5 heteroatoms. The molecule has 0 spiro atoms. The van der Waals surface area contributed by atoms with E-state index in [4.69, 9.17) is 23.7 Å². The fourth-order valence-corrected chi connectivity index (χ4v) is 1.36. The molecule has 0 aromatic heterocycles. The van der Waals surface area contributed by atoms with Crippen molar-refractivity contribution in [2.75, 3.05) is 39.6 Å². The van der Waals surface area contributed by atoms with E-state index in [-0.39, 0.29) is 12.2 Å². The fourth-order valence-electron chi connectivity index (χ4n) is 1.36. The van der Waals surface area contributed by atoms with Crippen molar-refractivity contribution in [1.29, 1.82) is 0 Å². The molecular formula is C12H22O5. The Morgan fingerprint density at radius 3 is 2.18 bits per heavy atom. The van der Waals surface area contributed by atoms with E-state index in [0.29, 0.717) is 38.6 Å². The van der Waals surface area contributed by atoms with Gasteiger partial charge in [0.15, 0.2) is 0 Å². The Kier molecular flexibility index (Phi) is 5.18. The summed E-state index contributed by atoms with van der Waals surface area (Å²) in [6.45, 7) is 8.24. The van der Waals surface area contributed by atoms with Crippen molar-refractivity contribution in [3.63, 3.8) is 0 Å². The number of hydrogen-bond acceptors (Lipinski definition) is 5. The first-order chi connectivity index (χ1) is 8.24. The van der Waals surface area contributed by atoms with E-state index in [1.165, 1.54) is 0 Å². The molecule has 0 aromatic rings. The Morgan fingerprint density at radius 2 is 1.53 bits per heavy atom. The maximum atomic E-state index is 5.63. The first kappa shape index (κ1) is 13.2. The zero-order valence-electron chi connectivity index (χ0n) is 10.6. The lowest BCUT2D eigenvalue weighted by Gasteiger charge is -2.17. The van der Waals surface area contributed by atoms with Gasteiger partial charge in [0.25, 0.3) is 0 Å². The first-order valence-electron chi connectivity index (χ1n) is 6.28. The SMILES string of the molecule is CC(COCC1CO1)OCC(C)OCC1CO1. The van der Waals surface area contributed by atoms with Crippen molar-refractivity contribution in [2.45, 2.75) is 38.3 Å². The summed E-state index contributed by atoms with van der Waals surface area (Å²) in [5, 5.41) is 0. The van der Waals surface area contributed by atoms with Crippen LogP contribution >= 0.6 is 0 Å². The summed E-state index contributed by atoms with van der Waals surface area (Å²) < 4.78 is 26.8. The molecule has 0 N–H and O–H groups in total. The molecule has 2 aliphatic rings. The highest BCUT2D eigenvalue weighted by atomic mass is 16.6. The third-order valence-corrected chi connectivity index (χ3v) is 2.64. The van der Waals surface area contributed by atoms with Crippen LogP contribution in [0.1, 0.15) is 13.8 Å². The molecule has 2 saturated heterocycles.